The zero-order chi connectivity index (χ0) is 17.0. The molecule has 1 aromatic carbocycles. The highest BCUT2D eigenvalue weighted by molar-refractivity contribution is 9.10. The fourth-order valence-corrected chi connectivity index (χ4v) is 2.62. The first-order valence-corrected chi connectivity index (χ1v) is 8.70. The topological polar surface area (TPSA) is 41.6 Å². The van der Waals surface area contributed by atoms with Crippen LogP contribution in [0.2, 0.25) is 0 Å². The standard InChI is InChI=1S/C17H24BrFN2O2/c1-17(2,3)23-16(22)21(14-5-6-14)9-8-20-11-12-10-13(19)4-7-15(12)18/h4,7,10,14,20H,5-6,8-9,11H2,1-3H3. The molecule has 1 aliphatic rings. The van der Waals surface area contributed by atoms with Gasteiger partial charge in [0.2, 0.25) is 0 Å². The van der Waals surface area contributed by atoms with E-state index in [1.54, 1.807) is 11.0 Å². The number of carbonyl (C=O) groups is 1. The molecular formula is C17H24BrFN2O2. The van der Waals surface area contributed by atoms with Gasteiger partial charge < -0.3 is 15.0 Å². The minimum absolute atomic E-state index is 0.252. The van der Waals surface area contributed by atoms with Crippen molar-refractivity contribution in [3.8, 4) is 0 Å². The average Bonchev–Trinajstić information content (AvgIpc) is 3.24. The number of benzene rings is 1. The third-order valence-electron chi connectivity index (χ3n) is 3.47. The van der Waals surface area contributed by atoms with E-state index in [0.29, 0.717) is 25.7 Å². The van der Waals surface area contributed by atoms with E-state index in [0.717, 1.165) is 22.9 Å². The molecule has 4 nitrogen and oxygen atoms in total. The number of amides is 1. The molecule has 1 N–H and O–H groups in total. The summed E-state index contributed by atoms with van der Waals surface area (Å²) in [4.78, 5) is 14.0. The summed E-state index contributed by atoms with van der Waals surface area (Å²) in [5.74, 6) is -0.252. The zero-order valence-electron chi connectivity index (χ0n) is 13.9. The molecule has 128 valence electrons. The van der Waals surface area contributed by atoms with Crippen molar-refractivity contribution in [2.45, 2.75) is 51.8 Å². The second kappa shape index (κ2) is 7.62. The summed E-state index contributed by atoms with van der Waals surface area (Å²) in [6.07, 6.45) is 1.82. The van der Waals surface area contributed by atoms with Gasteiger partial charge in [-0.3, -0.25) is 0 Å². The lowest BCUT2D eigenvalue weighted by Crippen LogP contribution is -2.41. The smallest absolute Gasteiger partial charge is 0.410 e. The lowest BCUT2D eigenvalue weighted by molar-refractivity contribution is 0.0236. The summed E-state index contributed by atoms with van der Waals surface area (Å²) in [5, 5.41) is 3.25. The molecule has 1 fully saturated rings. The molecular weight excluding hydrogens is 363 g/mol. The second-order valence-corrected chi connectivity index (χ2v) is 7.67. The van der Waals surface area contributed by atoms with Crippen LogP contribution >= 0.6 is 15.9 Å². The number of carbonyl (C=O) groups excluding carboxylic acids is 1. The molecule has 0 aliphatic heterocycles. The van der Waals surface area contributed by atoms with Crippen molar-refractivity contribution in [1.82, 2.24) is 10.2 Å². The van der Waals surface area contributed by atoms with E-state index in [1.165, 1.54) is 12.1 Å². The van der Waals surface area contributed by atoms with E-state index >= 15 is 0 Å². The van der Waals surface area contributed by atoms with Crippen molar-refractivity contribution in [2.24, 2.45) is 0 Å². The van der Waals surface area contributed by atoms with Crippen LogP contribution in [0.4, 0.5) is 9.18 Å². The molecule has 0 saturated heterocycles. The molecule has 1 aliphatic carbocycles. The molecule has 0 heterocycles. The average molecular weight is 387 g/mol. The lowest BCUT2D eigenvalue weighted by Gasteiger charge is -2.27. The van der Waals surface area contributed by atoms with Gasteiger partial charge in [-0.1, -0.05) is 15.9 Å². The highest BCUT2D eigenvalue weighted by Crippen LogP contribution is 2.28. The van der Waals surface area contributed by atoms with Gasteiger partial charge in [0, 0.05) is 30.1 Å². The van der Waals surface area contributed by atoms with E-state index in [4.69, 9.17) is 4.74 Å². The maximum Gasteiger partial charge on any atom is 0.410 e. The fraction of sp³-hybridized carbons (Fsp3) is 0.588. The van der Waals surface area contributed by atoms with Crippen LogP contribution in [0.25, 0.3) is 0 Å². The summed E-state index contributed by atoms with van der Waals surface area (Å²) in [6, 6.07) is 4.92. The number of nitrogens with zero attached hydrogens (tertiary/aromatic N) is 1. The summed E-state index contributed by atoms with van der Waals surface area (Å²) in [7, 11) is 0. The molecule has 0 aromatic heterocycles. The van der Waals surface area contributed by atoms with Gasteiger partial charge in [-0.25, -0.2) is 9.18 Å². The Morgan fingerprint density at radius 2 is 2.13 bits per heavy atom. The van der Waals surface area contributed by atoms with Gasteiger partial charge in [0.1, 0.15) is 11.4 Å². The van der Waals surface area contributed by atoms with Crippen LogP contribution in [0.15, 0.2) is 22.7 Å². The quantitative estimate of drug-likeness (QED) is 0.748. The van der Waals surface area contributed by atoms with E-state index in [-0.39, 0.29) is 11.9 Å². The maximum absolute atomic E-state index is 13.2. The first-order valence-electron chi connectivity index (χ1n) is 7.90. The SMILES string of the molecule is CC(C)(C)OC(=O)N(CCNCc1cc(F)ccc1Br)C1CC1. The minimum atomic E-state index is -0.482. The monoisotopic (exact) mass is 386 g/mol. The summed E-state index contributed by atoms with van der Waals surface area (Å²) in [5.41, 5.74) is 0.379. The van der Waals surface area contributed by atoms with Gasteiger partial charge in [0.05, 0.1) is 0 Å². The number of hydrogen-bond donors (Lipinski definition) is 1. The van der Waals surface area contributed by atoms with Crippen LogP contribution in [-0.4, -0.2) is 35.7 Å². The highest BCUT2D eigenvalue weighted by Gasteiger charge is 2.34. The molecule has 0 spiro atoms. The third kappa shape index (κ3) is 6.11. The third-order valence-corrected chi connectivity index (χ3v) is 4.24. The summed E-state index contributed by atoms with van der Waals surface area (Å²) in [6.45, 7) is 7.39. The van der Waals surface area contributed by atoms with Gasteiger partial charge in [0.25, 0.3) is 0 Å². The molecule has 2 rings (SSSR count). The Kier molecular flexibility index (Phi) is 6.03. The van der Waals surface area contributed by atoms with Gasteiger partial charge in [-0.05, 0) is 57.4 Å². The Morgan fingerprint density at radius 1 is 1.43 bits per heavy atom. The Bertz CT molecular complexity index is 556. The maximum atomic E-state index is 13.2. The highest BCUT2D eigenvalue weighted by atomic mass is 79.9. The fourth-order valence-electron chi connectivity index (χ4n) is 2.23. The van der Waals surface area contributed by atoms with Gasteiger partial charge in [-0.15, -0.1) is 0 Å². The van der Waals surface area contributed by atoms with Crippen LogP contribution in [-0.2, 0) is 11.3 Å². The molecule has 0 unspecified atom stereocenters. The number of ether oxygens (including phenoxy) is 1. The van der Waals surface area contributed by atoms with E-state index in [9.17, 15) is 9.18 Å². The molecule has 0 bridgehead atoms. The Hall–Kier alpha value is -1.14. The van der Waals surface area contributed by atoms with Crippen molar-refractivity contribution in [2.75, 3.05) is 13.1 Å². The Morgan fingerprint density at radius 3 is 2.74 bits per heavy atom. The molecule has 6 heteroatoms. The Labute approximate surface area is 145 Å². The van der Waals surface area contributed by atoms with Crippen LogP contribution in [0.5, 0.6) is 0 Å². The predicted molar refractivity (Wildman–Crippen MR) is 91.8 cm³/mol. The number of nitrogens with one attached hydrogen (secondary N) is 1. The first-order chi connectivity index (χ1) is 10.8. The van der Waals surface area contributed by atoms with E-state index < -0.39 is 5.60 Å². The van der Waals surface area contributed by atoms with Crippen LogP contribution < -0.4 is 5.32 Å². The van der Waals surface area contributed by atoms with Crippen molar-refractivity contribution >= 4 is 22.0 Å². The molecule has 23 heavy (non-hydrogen) atoms. The van der Waals surface area contributed by atoms with Crippen molar-refractivity contribution in [3.63, 3.8) is 0 Å². The summed E-state index contributed by atoms with van der Waals surface area (Å²) < 4.78 is 19.6. The van der Waals surface area contributed by atoms with Gasteiger partial charge >= 0.3 is 6.09 Å². The Balaban J connectivity index is 1.81. The van der Waals surface area contributed by atoms with Crippen LogP contribution in [0, 0.1) is 5.82 Å². The first kappa shape index (κ1) is 18.2. The molecule has 0 radical (unpaired) electrons. The van der Waals surface area contributed by atoms with Crippen molar-refractivity contribution in [3.05, 3.63) is 34.1 Å². The largest absolute Gasteiger partial charge is 0.444 e. The van der Waals surface area contributed by atoms with E-state index in [1.807, 2.05) is 20.8 Å². The normalized spacial score (nSPS) is 14.7. The number of halogens is 2. The van der Waals surface area contributed by atoms with Gasteiger partial charge in [0.15, 0.2) is 0 Å². The van der Waals surface area contributed by atoms with Crippen LogP contribution in [0.1, 0.15) is 39.2 Å². The van der Waals surface area contributed by atoms with Crippen molar-refractivity contribution < 1.29 is 13.9 Å². The number of rotatable bonds is 6. The van der Waals surface area contributed by atoms with Crippen LogP contribution in [0.3, 0.4) is 0 Å². The molecule has 1 saturated carbocycles. The molecule has 1 aromatic rings. The van der Waals surface area contributed by atoms with E-state index in [2.05, 4.69) is 21.2 Å². The summed E-state index contributed by atoms with van der Waals surface area (Å²) >= 11 is 3.41. The predicted octanol–water partition coefficient (Wildman–Crippen LogP) is 4.08. The van der Waals surface area contributed by atoms with Gasteiger partial charge in [-0.2, -0.15) is 0 Å². The lowest BCUT2D eigenvalue weighted by atomic mass is 10.2. The number of hydrogen-bond acceptors (Lipinski definition) is 3. The second-order valence-electron chi connectivity index (χ2n) is 6.82. The zero-order valence-corrected chi connectivity index (χ0v) is 15.5. The minimum Gasteiger partial charge on any atom is -0.444 e. The molecule has 1 amide bonds. The van der Waals surface area contributed by atoms with Crippen molar-refractivity contribution in [1.29, 1.82) is 0 Å². The molecule has 0 atom stereocenters.